The Morgan fingerprint density at radius 3 is 2.50 bits per heavy atom. The van der Waals surface area contributed by atoms with Crippen LogP contribution < -0.4 is 16.0 Å². The van der Waals surface area contributed by atoms with Crippen LogP contribution in [0, 0.1) is 5.82 Å². The van der Waals surface area contributed by atoms with Gasteiger partial charge in [0.15, 0.2) is 17.5 Å². The molecule has 3 rings (SSSR count). The summed E-state index contributed by atoms with van der Waals surface area (Å²) >= 11 is 0. The smallest absolute Gasteiger partial charge is 0.356 e. The monoisotopic (exact) mass is 486 g/mol. The van der Waals surface area contributed by atoms with Gasteiger partial charge in [0.25, 0.3) is 5.91 Å². The van der Waals surface area contributed by atoms with Crippen molar-refractivity contribution in [2.75, 3.05) is 11.9 Å². The number of aromatic amines is 1. The number of alkyl halides is 3. The molecule has 0 bridgehead atoms. The van der Waals surface area contributed by atoms with Crippen LogP contribution in [0.1, 0.15) is 35.6 Å². The van der Waals surface area contributed by atoms with Crippen molar-refractivity contribution in [1.29, 1.82) is 0 Å². The van der Waals surface area contributed by atoms with Gasteiger partial charge in [-0.25, -0.2) is 14.4 Å². The zero-order valence-electron chi connectivity index (χ0n) is 18.3. The predicted molar refractivity (Wildman–Crippen MR) is 125 cm³/mol. The van der Waals surface area contributed by atoms with Crippen LogP contribution in [0.5, 0.6) is 0 Å². The van der Waals surface area contributed by atoms with Crippen molar-refractivity contribution in [3.8, 4) is 11.4 Å². The zero-order chi connectivity index (χ0) is 24.9. The molecule has 0 spiro atoms. The summed E-state index contributed by atoms with van der Waals surface area (Å²) in [4.78, 5) is 35.3. The molecule has 2 amide bonds. The average Bonchev–Trinajstić information content (AvgIpc) is 3.28. The number of hydrogen-bond donors (Lipinski definition) is 4. The number of hydrogen-bond acceptors (Lipinski definition) is 5. The molecule has 0 saturated heterocycles. The number of rotatable bonds is 8. The fraction of sp³-hybridized carbons (Fsp3) is 0.273. The standard InChI is InChI=1S/C22H22F4N6O2.4H2/c1-21(2,20(34)30-12-22(24,25)26)32-18-15(23)11-28-17(31-18)14-8-16(27-10-14)19(33)29-9-13-6-4-3-5-7-13;;;;/h3-8,10-11,27H,9,12H2,1-2H3,(H,29,33)(H,30,34)(H,28,31,32);4*1H. The van der Waals surface area contributed by atoms with Gasteiger partial charge in [0.2, 0.25) is 5.91 Å². The van der Waals surface area contributed by atoms with Crippen molar-refractivity contribution < 1.29 is 32.9 Å². The Balaban J connectivity index is 0. The van der Waals surface area contributed by atoms with Crippen LogP contribution >= 0.6 is 0 Å². The maximum Gasteiger partial charge on any atom is 0.405 e. The van der Waals surface area contributed by atoms with Gasteiger partial charge in [0.05, 0.1) is 6.20 Å². The molecule has 34 heavy (non-hydrogen) atoms. The largest absolute Gasteiger partial charge is 0.405 e. The third-order valence-corrected chi connectivity index (χ3v) is 4.67. The van der Waals surface area contributed by atoms with E-state index in [1.807, 2.05) is 30.3 Å². The summed E-state index contributed by atoms with van der Waals surface area (Å²) in [5, 5.41) is 7.01. The number of carbonyl (C=O) groups excluding carboxylic acids is 2. The van der Waals surface area contributed by atoms with Crippen molar-refractivity contribution in [3.05, 3.63) is 65.9 Å². The molecule has 8 nitrogen and oxygen atoms in total. The molecule has 2 aromatic heterocycles. The van der Waals surface area contributed by atoms with Crippen LogP contribution in [0.25, 0.3) is 11.4 Å². The number of carbonyl (C=O) groups is 2. The summed E-state index contributed by atoms with van der Waals surface area (Å²) in [6.07, 6.45) is -2.27. The molecule has 12 heteroatoms. The average molecular weight is 487 g/mol. The van der Waals surface area contributed by atoms with Gasteiger partial charge in [-0.3, -0.25) is 9.59 Å². The van der Waals surface area contributed by atoms with Gasteiger partial charge in [-0.15, -0.1) is 0 Å². The Labute approximate surface area is 198 Å². The minimum Gasteiger partial charge on any atom is -0.356 e. The highest BCUT2D eigenvalue weighted by Gasteiger charge is 2.34. The van der Waals surface area contributed by atoms with Crippen molar-refractivity contribution in [3.63, 3.8) is 0 Å². The van der Waals surface area contributed by atoms with Gasteiger partial charge in [0, 0.05) is 24.0 Å². The van der Waals surface area contributed by atoms with E-state index in [1.165, 1.54) is 26.1 Å². The van der Waals surface area contributed by atoms with Crippen molar-refractivity contribution in [1.82, 2.24) is 25.6 Å². The topological polar surface area (TPSA) is 112 Å². The Morgan fingerprint density at radius 2 is 1.82 bits per heavy atom. The quantitative estimate of drug-likeness (QED) is 0.353. The van der Waals surface area contributed by atoms with E-state index in [4.69, 9.17) is 0 Å². The zero-order valence-corrected chi connectivity index (χ0v) is 18.3. The molecule has 4 N–H and O–H groups in total. The normalized spacial score (nSPS) is 11.7. The number of nitrogens with zero attached hydrogens (tertiary/aromatic N) is 2. The number of amides is 2. The Morgan fingerprint density at radius 1 is 1.12 bits per heavy atom. The number of benzene rings is 1. The van der Waals surface area contributed by atoms with Gasteiger partial charge < -0.3 is 20.9 Å². The fourth-order valence-electron chi connectivity index (χ4n) is 2.88. The minimum atomic E-state index is -4.58. The second-order valence-corrected chi connectivity index (χ2v) is 7.91. The lowest BCUT2D eigenvalue weighted by Gasteiger charge is -2.26. The highest BCUT2D eigenvalue weighted by Crippen LogP contribution is 2.22. The second-order valence-electron chi connectivity index (χ2n) is 7.91. The van der Waals surface area contributed by atoms with Crippen LogP contribution in [-0.2, 0) is 11.3 Å². The van der Waals surface area contributed by atoms with Gasteiger partial charge in [-0.1, -0.05) is 30.3 Å². The molecule has 3 aromatic rings. The first kappa shape index (κ1) is 24.7. The summed E-state index contributed by atoms with van der Waals surface area (Å²) in [5.74, 6) is -2.62. The molecule has 0 saturated carbocycles. The Hall–Kier alpha value is -3.96. The Kier molecular flexibility index (Phi) is 7.18. The van der Waals surface area contributed by atoms with E-state index in [0.717, 1.165) is 11.8 Å². The predicted octanol–water partition coefficient (Wildman–Crippen LogP) is 4.39. The van der Waals surface area contributed by atoms with Crippen molar-refractivity contribution >= 4 is 17.6 Å². The molecule has 0 aliphatic rings. The van der Waals surface area contributed by atoms with Crippen LogP contribution in [0.3, 0.4) is 0 Å². The van der Waals surface area contributed by atoms with Gasteiger partial charge in [-0.05, 0) is 25.5 Å². The summed E-state index contributed by atoms with van der Waals surface area (Å²) in [5.41, 5.74) is -0.104. The molecule has 0 aliphatic heterocycles. The van der Waals surface area contributed by atoms with E-state index in [-0.39, 0.29) is 28.9 Å². The second kappa shape index (κ2) is 9.89. The molecule has 0 fully saturated rings. The van der Waals surface area contributed by atoms with Gasteiger partial charge in [-0.2, -0.15) is 13.2 Å². The summed E-state index contributed by atoms with van der Waals surface area (Å²) in [7, 11) is 0. The Bertz CT molecular complexity index is 1180. The first-order chi connectivity index (χ1) is 15.9. The van der Waals surface area contributed by atoms with Crippen LogP contribution in [0.15, 0.2) is 48.8 Å². The third kappa shape index (κ3) is 6.53. The molecular weight excluding hydrogens is 456 g/mol. The van der Waals surface area contributed by atoms with Crippen molar-refractivity contribution in [2.45, 2.75) is 32.1 Å². The van der Waals surface area contributed by atoms with E-state index in [2.05, 4.69) is 25.6 Å². The highest BCUT2D eigenvalue weighted by molar-refractivity contribution is 5.93. The lowest BCUT2D eigenvalue weighted by atomic mass is 10.0. The third-order valence-electron chi connectivity index (χ3n) is 4.67. The van der Waals surface area contributed by atoms with Gasteiger partial charge >= 0.3 is 6.18 Å². The first-order valence-electron chi connectivity index (χ1n) is 10.1. The number of aromatic nitrogens is 3. The van der Waals surface area contributed by atoms with Crippen LogP contribution in [-0.4, -0.2) is 45.0 Å². The van der Waals surface area contributed by atoms with Gasteiger partial charge in [0.1, 0.15) is 17.8 Å². The van der Waals surface area contributed by atoms with Crippen LogP contribution in [0.4, 0.5) is 23.4 Å². The molecular formula is C22H30F4N6O2. The highest BCUT2D eigenvalue weighted by atomic mass is 19.4. The summed E-state index contributed by atoms with van der Waals surface area (Å²) in [6.45, 7) is 1.37. The van der Waals surface area contributed by atoms with E-state index in [0.29, 0.717) is 12.1 Å². The summed E-state index contributed by atoms with van der Waals surface area (Å²) in [6, 6.07) is 10.8. The molecule has 1 aromatic carbocycles. The number of H-pyrrole nitrogens is 1. The minimum absolute atomic E-state index is 0. The van der Waals surface area contributed by atoms with E-state index in [1.54, 1.807) is 5.32 Å². The van der Waals surface area contributed by atoms with Crippen molar-refractivity contribution in [2.24, 2.45) is 0 Å². The molecule has 2 heterocycles. The van der Waals surface area contributed by atoms with E-state index >= 15 is 0 Å². The molecule has 0 aliphatic carbocycles. The molecule has 188 valence electrons. The van der Waals surface area contributed by atoms with E-state index < -0.39 is 30.0 Å². The molecule has 0 atom stereocenters. The number of halogens is 4. The SMILES string of the molecule is CC(C)(Nc1nc(-c2c[nH]c(C(=O)NCc3ccccc3)c2)ncc1F)C(=O)NCC(F)(F)F.[HH].[HH].[HH].[HH]. The fourth-order valence-corrected chi connectivity index (χ4v) is 2.88. The maximum atomic E-state index is 14.3. The lowest BCUT2D eigenvalue weighted by molar-refractivity contribution is -0.140. The first-order valence-corrected chi connectivity index (χ1v) is 10.1. The molecule has 0 radical (unpaired) electrons. The number of anilines is 1. The maximum absolute atomic E-state index is 14.3. The lowest BCUT2D eigenvalue weighted by Crippen LogP contribution is -2.50. The van der Waals surface area contributed by atoms with E-state index in [9.17, 15) is 27.2 Å². The van der Waals surface area contributed by atoms with Crippen LogP contribution in [0.2, 0.25) is 0 Å². The number of nitrogens with one attached hydrogen (secondary N) is 4. The molecule has 0 unspecified atom stereocenters. The summed E-state index contributed by atoms with van der Waals surface area (Å²) < 4.78 is 51.4.